The monoisotopic (exact) mass is 351 g/mol. The number of fused-ring (bicyclic) bond motifs is 1. The van der Waals surface area contributed by atoms with Crippen LogP contribution in [0.3, 0.4) is 0 Å². The van der Waals surface area contributed by atoms with E-state index in [9.17, 15) is 9.18 Å². The molecule has 0 aliphatic rings. The Kier molecular flexibility index (Phi) is 3.36. The molecule has 0 amide bonds. The van der Waals surface area contributed by atoms with Crippen LogP contribution in [-0.2, 0) is 0 Å². The molecule has 3 rings (SSSR count). The smallest absolute Gasteiger partial charge is 0.195 e. The SMILES string of the molecule is O=C(c1ccc(F)c(Cl)c1)c1c[nH]c2ccc(Br)cc12. The topological polar surface area (TPSA) is 32.9 Å². The number of carbonyl (C=O) groups excluding carboxylic acids is 1. The molecule has 5 heteroatoms. The number of aromatic amines is 1. The largest absolute Gasteiger partial charge is 0.360 e. The van der Waals surface area contributed by atoms with E-state index < -0.39 is 5.82 Å². The second-order valence-electron chi connectivity index (χ2n) is 4.35. The van der Waals surface area contributed by atoms with Gasteiger partial charge >= 0.3 is 0 Å². The van der Waals surface area contributed by atoms with Gasteiger partial charge in [-0.1, -0.05) is 27.5 Å². The lowest BCUT2D eigenvalue weighted by Gasteiger charge is -2.02. The molecule has 1 aromatic heterocycles. The summed E-state index contributed by atoms with van der Waals surface area (Å²) in [6.07, 6.45) is 1.65. The molecular weight excluding hydrogens is 345 g/mol. The summed E-state index contributed by atoms with van der Waals surface area (Å²) in [5.41, 5.74) is 1.76. The first-order chi connectivity index (χ1) is 9.56. The third kappa shape index (κ3) is 2.25. The number of hydrogen-bond acceptors (Lipinski definition) is 1. The molecule has 0 radical (unpaired) electrons. The Morgan fingerprint density at radius 1 is 1.20 bits per heavy atom. The molecule has 20 heavy (non-hydrogen) atoms. The quantitative estimate of drug-likeness (QED) is 0.650. The number of rotatable bonds is 2. The molecule has 3 aromatic rings. The summed E-state index contributed by atoms with van der Waals surface area (Å²) in [5, 5.41) is 0.752. The highest BCUT2D eigenvalue weighted by atomic mass is 79.9. The fourth-order valence-electron chi connectivity index (χ4n) is 2.07. The van der Waals surface area contributed by atoms with Crippen molar-refractivity contribution in [2.45, 2.75) is 0 Å². The maximum atomic E-state index is 13.2. The number of halogens is 3. The minimum absolute atomic E-state index is 0.0585. The Morgan fingerprint density at radius 3 is 2.75 bits per heavy atom. The average molecular weight is 353 g/mol. The van der Waals surface area contributed by atoms with Gasteiger partial charge < -0.3 is 4.98 Å². The van der Waals surface area contributed by atoms with Crippen molar-refractivity contribution < 1.29 is 9.18 Å². The molecule has 2 aromatic carbocycles. The van der Waals surface area contributed by atoms with Crippen LogP contribution in [0.25, 0.3) is 10.9 Å². The number of nitrogens with one attached hydrogen (secondary N) is 1. The molecule has 0 bridgehead atoms. The van der Waals surface area contributed by atoms with Crippen molar-refractivity contribution in [3.63, 3.8) is 0 Å². The van der Waals surface area contributed by atoms with Gasteiger partial charge in [0.15, 0.2) is 5.78 Å². The van der Waals surface area contributed by atoms with Crippen molar-refractivity contribution in [1.29, 1.82) is 0 Å². The Bertz CT molecular complexity index is 828. The fraction of sp³-hybridized carbons (Fsp3) is 0. The van der Waals surface area contributed by atoms with Crippen LogP contribution >= 0.6 is 27.5 Å². The first-order valence-electron chi connectivity index (χ1n) is 5.82. The van der Waals surface area contributed by atoms with Gasteiger partial charge in [-0.25, -0.2) is 4.39 Å². The molecule has 1 N–H and O–H groups in total. The van der Waals surface area contributed by atoms with Gasteiger partial charge in [0.05, 0.1) is 5.02 Å². The van der Waals surface area contributed by atoms with E-state index in [4.69, 9.17) is 11.6 Å². The first-order valence-corrected chi connectivity index (χ1v) is 7.00. The van der Waals surface area contributed by atoms with E-state index in [1.54, 1.807) is 6.20 Å². The van der Waals surface area contributed by atoms with Crippen molar-refractivity contribution in [3.05, 3.63) is 69.0 Å². The highest BCUT2D eigenvalue weighted by Crippen LogP contribution is 2.26. The molecule has 0 unspecified atom stereocenters. The molecule has 0 aliphatic carbocycles. The molecule has 0 spiro atoms. The van der Waals surface area contributed by atoms with E-state index >= 15 is 0 Å². The predicted molar refractivity (Wildman–Crippen MR) is 80.8 cm³/mol. The van der Waals surface area contributed by atoms with Crippen LogP contribution in [0, 0.1) is 5.82 Å². The summed E-state index contributed by atoms with van der Waals surface area (Å²) in [6, 6.07) is 9.61. The number of H-pyrrole nitrogens is 1. The van der Waals surface area contributed by atoms with Crippen LogP contribution in [-0.4, -0.2) is 10.8 Å². The van der Waals surface area contributed by atoms with Crippen LogP contribution in [0.2, 0.25) is 5.02 Å². The van der Waals surface area contributed by atoms with Gasteiger partial charge in [-0.15, -0.1) is 0 Å². The van der Waals surface area contributed by atoms with E-state index in [1.807, 2.05) is 18.2 Å². The first kappa shape index (κ1) is 13.3. The van der Waals surface area contributed by atoms with Crippen LogP contribution < -0.4 is 0 Å². The Hall–Kier alpha value is -1.65. The second kappa shape index (κ2) is 5.04. The van der Waals surface area contributed by atoms with Crippen LogP contribution in [0.15, 0.2) is 47.1 Å². The third-order valence-corrected chi connectivity index (χ3v) is 3.85. The summed E-state index contributed by atoms with van der Waals surface area (Å²) in [4.78, 5) is 15.5. The summed E-state index contributed by atoms with van der Waals surface area (Å²) in [6.45, 7) is 0. The Balaban J connectivity index is 2.12. The number of hydrogen-bond donors (Lipinski definition) is 1. The van der Waals surface area contributed by atoms with Crippen LogP contribution in [0.5, 0.6) is 0 Å². The van der Waals surface area contributed by atoms with E-state index in [1.165, 1.54) is 18.2 Å². The van der Waals surface area contributed by atoms with Gasteiger partial charge in [-0.05, 0) is 36.4 Å². The molecule has 0 atom stereocenters. The molecule has 0 fully saturated rings. The highest BCUT2D eigenvalue weighted by Gasteiger charge is 2.15. The average Bonchev–Trinajstić information content (AvgIpc) is 2.84. The fourth-order valence-corrected chi connectivity index (χ4v) is 2.62. The molecular formula is C15H8BrClFNO. The molecule has 0 saturated carbocycles. The standard InChI is InChI=1S/C15H8BrClFNO/c16-9-2-4-14-10(6-9)11(7-19-14)15(20)8-1-3-13(18)12(17)5-8/h1-7,19H. The summed E-state index contributed by atoms with van der Waals surface area (Å²) < 4.78 is 14.0. The van der Waals surface area contributed by atoms with Crippen molar-refractivity contribution in [1.82, 2.24) is 4.98 Å². The predicted octanol–water partition coefficient (Wildman–Crippen LogP) is 4.95. The van der Waals surface area contributed by atoms with Crippen LogP contribution in [0.4, 0.5) is 4.39 Å². The minimum atomic E-state index is -0.537. The van der Waals surface area contributed by atoms with E-state index in [2.05, 4.69) is 20.9 Å². The van der Waals surface area contributed by atoms with Gasteiger partial charge in [0.25, 0.3) is 0 Å². The van der Waals surface area contributed by atoms with E-state index in [0.29, 0.717) is 11.1 Å². The maximum absolute atomic E-state index is 13.2. The molecule has 1 heterocycles. The summed E-state index contributed by atoms with van der Waals surface area (Å²) >= 11 is 9.10. The van der Waals surface area contributed by atoms with Crippen molar-refractivity contribution in [2.75, 3.05) is 0 Å². The lowest BCUT2D eigenvalue weighted by atomic mass is 10.0. The van der Waals surface area contributed by atoms with Crippen molar-refractivity contribution in [3.8, 4) is 0 Å². The highest BCUT2D eigenvalue weighted by molar-refractivity contribution is 9.10. The summed E-state index contributed by atoms with van der Waals surface area (Å²) in [5.74, 6) is -0.735. The molecule has 0 saturated heterocycles. The zero-order chi connectivity index (χ0) is 14.3. The van der Waals surface area contributed by atoms with Crippen molar-refractivity contribution >= 4 is 44.2 Å². The van der Waals surface area contributed by atoms with E-state index in [0.717, 1.165) is 15.4 Å². The minimum Gasteiger partial charge on any atom is -0.360 e. The number of aromatic nitrogens is 1. The molecule has 100 valence electrons. The van der Waals surface area contributed by atoms with Gasteiger partial charge in [0.1, 0.15) is 5.82 Å². The second-order valence-corrected chi connectivity index (χ2v) is 5.67. The van der Waals surface area contributed by atoms with E-state index in [-0.39, 0.29) is 10.8 Å². The zero-order valence-corrected chi connectivity index (χ0v) is 12.4. The van der Waals surface area contributed by atoms with Gasteiger partial charge in [-0.3, -0.25) is 4.79 Å². The lowest BCUT2D eigenvalue weighted by Crippen LogP contribution is -2.00. The zero-order valence-electron chi connectivity index (χ0n) is 10.1. The number of benzene rings is 2. The Morgan fingerprint density at radius 2 is 2.00 bits per heavy atom. The number of carbonyl (C=O) groups is 1. The lowest BCUT2D eigenvalue weighted by molar-refractivity contribution is 0.104. The number of ketones is 1. The van der Waals surface area contributed by atoms with Gasteiger partial charge in [-0.2, -0.15) is 0 Å². The molecule has 2 nitrogen and oxygen atoms in total. The van der Waals surface area contributed by atoms with Crippen molar-refractivity contribution in [2.24, 2.45) is 0 Å². The normalized spacial score (nSPS) is 10.9. The third-order valence-electron chi connectivity index (χ3n) is 3.07. The molecule has 0 aliphatic heterocycles. The Labute approximate surface area is 127 Å². The van der Waals surface area contributed by atoms with Gasteiger partial charge in [0.2, 0.25) is 0 Å². The maximum Gasteiger partial charge on any atom is 0.195 e. The van der Waals surface area contributed by atoms with Crippen LogP contribution in [0.1, 0.15) is 15.9 Å². The van der Waals surface area contributed by atoms with Gasteiger partial charge in [0, 0.05) is 32.7 Å². The summed E-state index contributed by atoms with van der Waals surface area (Å²) in [7, 11) is 0.